The van der Waals surface area contributed by atoms with E-state index in [1.807, 2.05) is 7.05 Å². The van der Waals surface area contributed by atoms with Crippen molar-refractivity contribution in [1.29, 1.82) is 0 Å². The maximum absolute atomic E-state index is 13.5. The number of hydrogen-bond donors (Lipinski definition) is 1. The quantitative estimate of drug-likeness (QED) is 0.914. The Balaban J connectivity index is 2.16. The van der Waals surface area contributed by atoms with Gasteiger partial charge in [0, 0.05) is 6.04 Å². The topological polar surface area (TPSA) is 49.4 Å². The molecule has 0 saturated carbocycles. The monoisotopic (exact) mass is 290 g/mol. The normalized spacial score (nSPS) is 18.7. The van der Waals surface area contributed by atoms with E-state index in [1.165, 1.54) is 0 Å². The van der Waals surface area contributed by atoms with Crippen LogP contribution >= 0.6 is 0 Å². The summed E-state index contributed by atoms with van der Waals surface area (Å²) in [4.78, 5) is 1.46. The van der Waals surface area contributed by atoms with Crippen LogP contribution in [0.3, 0.4) is 0 Å². The second kappa shape index (κ2) is 5.52. The lowest BCUT2D eigenvalue weighted by Gasteiger charge is -2.29. The summed E-state index contributed by atoms with van der Waals surface area (Å²) in [6, 6.07) is 2.18. The number of nitrogens with zero attached hydrogens (tertiary/aromatic N) is 1. The third kappa shape index (κ3) is 3.49. The van der Waals surface area contributed by atoms with Gasteiger partial charge in [-0.05, 0) is 51.2 Å². The number of rotatable bonds is 3. The van der Waals surface area contributed by atoms with E-state index in [4.69, 9.17) is 0 Å². The van der Waals surface area contributed by atoms with Crippen molar-refractivity contribution in [2.24, 2.45) is 0 Å². The molecule has 4 nitrogen and oxygen atoms in total. The molecule has 0 unspecified atom stereocenters. The molecule has 0 radical (unpaired) electrons. The highest BCUT2D eigenvalue weighted by Gasteiger charge is 2.25. The van der Waals surface area contributed by atoms with E-state index in [0.717, 1.165) is 25.2 Å². The molecular formula is C12H16F2N2O2S. The van der Waals surface area contributed by atoms with Crippen molar-refractivity contribution in [3.05, 3.63) is 29.8 Å². The fourth-order valence-corrected chi connectivity index (χ4v) is 3.49. The van der Waals surface area contributed by atoms with Crippen LogP contribution in [0, 0.1) is 11.6 Å². The first-order valence-corrected chi connectivity index (χ1v) is 7.53. The van der Waals surface area contributed by atoms with Crippen LogP contribution in [-0.4, -0.2) is 39.5 Å². The van der Waals surface area contributed by atoms with Crippen LogP contribution < -0.4 is 4.72 Å². The fraction of sp³-hybridized carbons (Fsp3) is 0.500. The van der Waals surface area contributed by atoms with Crippen molar-refractivity contribution >= 4 is 10.0 Å². The van der Waals surface area contributed by atoms with E-state index in [9.17, 15) is 17.2 Å². The van der Waals surface area contributed by atoms with Gasteiger partial charge in [0.15, 0.2) is 0 Å². The summed E-state index contributed by atoms with van der Waals surface area (Å²) in [7, 11) is -2.06. The van der Waals surface area contributed by atoms with Crippen LogP contribution in [-0.2, 0) is 10.0 Å². The highest BCUT2D eigenvalue weighted by Crippen LogP contribution is 2.18. The van der Waals surface area contributed by atoms with Gasteiger partial charge in [-0.15, -0.1) is 0 Å². The minimum atomic E-state index is -4.01. The van der Waals surface area contributed by atoms with Crippen LogP contribution in [0.4, 0.5) is 8.78 Å². The molecule has 1 aromatic rings. The molecule has 19 heavy (non-hydrogen) atoms. The van der Waals surface area contributed by atoms with Gasteiger partial charge in [-0.25, -0.2) is 21.9 Å². The molecule has 1 aliphatic rings. The Bertz CT molecular complexity index is 555. The maximum atomic E-state index is 13.5. The molecule has 1 saturated heterocycles. The van der Waals surface area contributed by atoms with Gasteiger partial charge in [0.2, 0.25) is 10.0 Å². The predicted molar refractivity (Wildman–Crippen MR) is 67.2 cm³/mol. The lowest BCUT2D eigenvalue weighted by Crippen LogP contribution is -2.43. The van der Waals surface area contributed by atoms with Crippen LogP contribution in [0.25, 0.3) is 0 Å². The summed E-state index contributed by atoms with van der Waals surface area (Å²) in [5.74, 6) is -1.72. The summed E-state index contributed by atoms with van der Waals surface area (Å²) in [5.41, 5.74) is 0. The highest BCUT2D eigenvalue weighted by atomic mass is 32.2. The van der Waals surface area contributed by atoms with Gasteiger partial charge in [0.1, 0.15) is 16.5 Å². The minimum absolute atomic E-state index is 0.233. The Kier molecular flexibility index (Phi) is 4.17. The van der Waals surface area contributed by atoms with E-state index in [-0.39, 0.29) is 6.04 Å². The molecule has 0 atom stereocenters. The SMILES string of the molecule is CN1CCC(NS(=O)(=O)c2cc(F)ccc2F)CC1. The van der Waals surface area contributed by atoms with Crippen molar-refractivity contribution in [2.45, 2.75) is 23.8 Å². The van der Waals surface area contributed by atoms with Crippen LogP contribution in [0.2, 0.25) is 0 Å². The van der Waals surface area contributed by atoms with Crippen LogP contribution in [0.5, 0.6) is 0 Å². The van der Waals surface area contributed by atoms with Gasteiger partial charge >= 0.3 is 0 Å². The fourth-order valence-electron chi connectivity index (χ4n) is 2.09. The number of hydrogen-bond acceptors (Lipinski definition) is 3. The van der Waals surface area contributed by atoms with Crippen molar-refractivity contribution in [1.82, 2.24) is 9.62 Å². The van der Waals surface area contributed by atoms with E-state index in [1.54, 1.807) is 0 Å². The lowest BCUT2D eigenvalue weighted by molar-refractivity contribution is 0.248. The molecule has 0 aliphatic carbocycles. The van der Waals surface area contributed by atoms with Gasteiger partial charge in [-0.2, -0.15) is 0 Å². The Morgan fingerprint density at radius 1 is 1.26 bits per heavy atom. The Morgan fingerprint density at radius 3 is 2.53 bits per heavy atom. The minimum Gasteiger partial charge on any atom is -0.306 e. The van der Waals surface area contributed by atoms with Gasteiger partial charge in [0.05, 0.1) is 0 Å². The summed E-state index contributed by atoms with van der Waals surface area (Å²) in [6.45, 7) is 1.55. The van der Waals surface area contributed by atoms with Gasteiger partial charge in [-0.1, -0.05) is 0 Å². The number of likely N-dealkylation sites (tertiary alicyclic amines) is 1. The summed E-state index contributed by atoms with van der Waals surface area (Å²) < 4.78 is 53.0. The molecule has 0 bridgehead atoms. The average Bonchev–Trinajstić information content (AvgIpc) is 2.35. The highest BCUT2D eigenvalue weighted by molar-refractivity contribution is 7.89. The van der Waals surface area contributed by atoms with E-state index >= 15 is 0 Å². The number of nitrogens with one attached hydrogen (secondary N) is 1. The maximum Gasteiger partial charge on any atom is 0.243 e. The second-order valence-electron chi connectivity index (χ2n) is 4.77. The van der Waals surface area contributed by atoms with E-state index in [0.29, 0.717) is 18.9 Å². The second-order valence-corrected chi connectivity index (χ2v) is 6.46. The standard InChI is InChI=1S/C12H16F2N2O2S/c1-16-6-4-10(5-7-16)15-19(17,18)12-8-9(13)2-3-11(12)14/h2-3,8,10,15H,4-7H2,1H3. The van der Waals surface area contributed by atoms with Crippen molar-refractivity contribution < 1.29 is 17.2 Å². The summed E-state index contributed by atoms with van der Waals surface area (Å²) in [5, 5.41) is 0. The molecule has 1 aromatic carbocycles. The van der Waals surface area contributed by atoms with Crippen LogP contribution in [0.15, 0.2) is 23.1 Å². The van der Waals surface area contributed by atoms with Crippen molar-refractivity contribution in [3.8, 4) is 0 Å². The molecule has 0 aromatic heterocycles. The third-order valence-corrected chi connectivity index (χ3v) is 4.76. The third-order valence-electron chi connectivity index (χ3n) is 3.22. The molecule has 106 valence electrons. The molecule has 0 spiro atoms. The van der Waals surface area contributed by atoms with Gasteiger partial charge < -0.3 is 4.90 Å². The number of sulfonamides is 1. The molecular weight excluding hydrogens is 274 g/mol. The first kappa shape index (κ1) is 14.4. The van der Waals surface area contributed by atoms with Crippen LogP contribution in [0.1, 0.15) is 12.8 Å². The first-order chi connectivity index (χ1) is 8.88. The van der Waals surface area contributed by atoms with E-state index in [2.05, 4.69) is 9.62 Å². The molecule has 1 N–H and O–H groups in total. The zero-order chi connectivity index (χ0) is 14.0. The molecule has 7 heteroatoms. The largest absolute Gasteiger partial charge is 0.306 e. The molecule has 1 fully saturated rings. The average molecular weight is 290 g/mol. The Hall–Kier alpha value is -1.05. The van der Waals surface area contributed by atoms with E-state index < -0.39 is 26.6 Å². The Labute approximate surface area is 111 Å². The molecule has 1 heterocycles. The zero-order valence-corrected chi connectivity index (χ0v) is 11.4. The zero-order valence-electron chi connectivity index (χ0n) is 10.6. The molecule has 0 amide bonds. The lowest BCUT2D eigenvalue weighted by atomic mass is 10.1. The molecule has 2 rings (SSSR count). The van der Waals surface area contributed by atoms with Gasteiger partial charge in [0.25, 0.3) is 0 Å². The molecule has 1 aliphatic heterocycles. The summed E-state index contributed by atoms with van der Waals surface area (Å²) >= 11 is 0. The first-order valence-electron chi connectivity index (χ1n) is 6.04. The number of benzene rings is 1. The smallest absolute Gasteiger partial charge is 0.243 e. The number of piperidine rings is 1. The van der Waals surface area contributed by atoms with Crippen molar-refractivity contribution in [3.63, 3.8) is 0 Å². The number of halogens is 2. The summed E-state index contributed by atoms with van der Waals surface area (Å²) in [6.07, 6.45) is 1.32. The Morgan fingerprint density at radius 2 is 1.89 bits per heavy atom. The van der Waals surface area contributed by atoms with Gasteiger partial charge in [-0.3, -0.25) is 0 Å². The predicted octanol–water partition coefficient (Wildman–Crippen LogP) is 1.34. The van der Waals surface area contributed by atoms with Crippen molar-refractivity contribution in [2.75, 3.05) is 20.1 Å².